The molecule has 0 spiro atoms. The van der Waals surface area contributed by atoms with Crippen LogP contribution in [0.3, 0.4) is 0 Å². The maximum atomic E-state index is 11.9. The van der Waals surface area contributed by atoms with Crippen molar-refractivity contribution in [2.45, 2.75) is 45.8 Å². The summed E-state index contributed by atoms with van der Waals surface area (Å²) in [4.78, 5) is 16.0. The summed E-state index contributed by atoms with van der Waals surface area (Å²) in [5, 5.41) is 8.84. The largest absolute Gasteiger partial charge is 0.444 e. The Kier molecular flexibility index (Phi) is 5.41. The van der Waals surface area contributed by atoms with E-state index < -0.39 is 5.60 Å². The summed E-state index contributed by atoms with van der Waals surface area (Å²) in [5.41, 5.74) is -0.436. The van der Waals surface area contributed by atoms with Crippen molar-refractivity contribution >= 4 is 6.09 Å². The lowest BCUT2D eigenvalue weighted by Crippen LogP contribution is -2.54. The number of aliphatic hydroxyl groups excluding tert-OH is 1. The molecule has 0 aliphatic carbocycles. The van der Waals surface area contributed by atoms with Crippen LogP contribution >= 0.6 is 0 Å². The summed E-state index contributed by atoms with van der Waals surface area (Å²) in [6, 6.07) is 0.317. The number of amides is 1. The molecule has 1 amide bonds. The van der Waals surface area contributed by atoms with Gasteiger partial charge in [-0.3, -0.25) is 4.90 Å². The van der Waals surface area contributed by atoms with Gasteiger partial charge in [-0.05, 0) is 34.1 Å². The summed E-state index contributed by atoms with van der Waals surface area (Å²) >= 11 is 0. The zero-order valence-corrected chi connectivity index (χ0v) is 12.0. The molecule has 1 rings (SSSR count). The molecule has 1 heterocycles. The fourth-order valence-corrected chi connectivity index (χ4v) is 2.09. The third kappa shape index (κ3) is 4.82. The van der Waals surface area contributed by atoms with Crippen molar-refractivity contribution in [3.8, 4) is 0 Å². The van der Waals surface area contributed by atoms with E-state index in [1.807, 2.05) is 20.8 Å². The van der Waals surface area contributed by atoms with E-state index in [0.29, 0.717) is 19.1 Å². The lowest BCUT2D eigenvalue weighted by Gasteiger charge is -2.40. The molecule has 0 saturated carbocycles. The van der Waals surface area contributed by atoms with Gasteiger partial charge in [0.15, 0.2) is 0 Å². The highest BCUT2D eigenvalue weighted by molar-refractivity contribution is 5.68. The SMILES string of the molecule is CC1CN(C(=O)OC(C)(C)C)CCN1CCCO. The maximum Gasteiger partial charge on any atom is 0.410 e. The number of carbonyl (C=O) groups excluding carboxylic acids is 1. The summed E-state index contributed by atoms with van der Waals surface area (Å²) in [7, 11) is 0. The Morgan fingerprint density at radius 3 is 2.56 bits per heavy atom. The average Bonchev–Trinajstić information content (AvgIpc) is 2.25. The minimum absolute atomic E-state index is 0.221. The Balaban J connectivity index is 2.43. The van der Waals surface area contributed by atoms with Crippen LogP contribution in [0.1, 0.15) is 34.1 Å². The third-order valence-electron chi connectivity index (χ3n) is 3.02. The van der Waals surface area contributed by atoms with Gasteiger partial charge in [0, 0.05) is 38.8 Å². The summed E-state index contributed by atoms with van der Waals surface area (Å²) in [5.74, 6) is 0. The van der Waals surface area contributed by atoms with E-state index in [-0.39, 0.29) is 12.7 Å². The van der Waals surface area contributed by atoms with Crippen LogP contribution in [0.2, 0.25) is 0 Å². The minimum Gasteiger partial charge on any atom is -0.444 e. The molecule has 0 bridgehead atoms. The molecule has 1 N–H and O–H groups in total. The molecule has 0 radical (unpaired) electrons. The van der Waals surface area contributed by atoms with Gasteiger partial charge in [0.2, 0.25) is 0 Å². The number of rotatable bonds is 3. The number of ether oxygens (including phenoxy) is 1. The van der Waals surface area contributed by atoms with Crippen LogP contribution in [-0.2, 0) is 4.74 Å². The first-order chi connectivity index (χ1) is 8.33. The number of carbonyl (C=O) groups is 1. The third-order valence-corrected chi connectivity index (χ3v) is 3.02. The van der Waals surface area contributed by atoms with Crippen molar-refractivity contribution in [2.24, 2.45) is 0 Å². The quantitative estimate of drug-likeness (QED) is 0.829. The van der Waals surface area contributed by atoms with Crippen molar-refractivity contribution in [3.05, 3.63) is 0 Å². The molecule has 1 aliphatic heterocycles. The molecular formula is C13H26N2O3. The van der Waals surface area contributed by atoms with Crippen LogP contribution in [0.15, 0.2) is 0 Å². The van der Waals surface area contributed by atoms with E-state index in [1.165, 1.54) is 0 Å². The number of nitrogens with zero attached hydrogens (tertiary/aromatic N) is 2. The van der Waals surface area contributed by atoms with Crippen LogP contribution in [0.5, 0.6) is 0 Å². The fourth-order valence-electron chi connectivity index (χ4n) is 2.09. The Hall–Kier alpha value is -0.810. The first kappa shape index (κ1) is 15.2. The molecule has 0 aromatic rings. The Morgan fingerprint density at radius 1 is 1.39 bits per heavy atom. The minimum atomic E-state index is -0.436. The predicted octanol–water partition coefficient (Wildman–Crippen LogP) is 1.31. The van der Waals surface area contributed by atoms with Gasteiger partial charge in [-0.15, -0.1) is 0 Å². The van der Waals surface area contributed by atoms with Gasteiger partial charge in [-0.2, -0.15) is 0 Å². The molecule has 18 heavy (non-hydrogen) atoms. The highest BCUT2D eigenvalue weighted by Gasteiger charge is 2.29. The molecule has 1 saturated heterocycles. The van der Waals surface area contributed by atoms with Crippen LogP contribution in [0.25, 0.3) is 0 Å². The molecule has 1 aliphatic rings. The van der Waals surface area contributed by atoms with Crippen molar-refractivity contribution < 1.29 is 14.6 Å². The van der Waals surface area contributed by atoms with E-state index in [0.717, 1.165) is 19.5 Å². The number of aliphatic hydroxyl groups is 1. The van der Waals surface area contributed by atoms with Crippen molar-refractivity contribution in [3.63, 3.8) is 0 Å². The number of hydrogen-bond acceptors (Lipinski definition) is 4. The second-order valence-corrected chi connectivity index (χ2v) is 5.89. The van der Waals surface area contributed by atoms with E-state index in [2.05, 4.69) is 11.8 Å². The summed E-state index contributed by atoms with van der Waals surface area (Å²) in [6.45, 7) is 11.1. The smallest absolute Gasteiger partial charge is 0.410 e. The molecule has 5 heteroatoms. The zero-order valence-electron chi connectivity index (χ0n) is 12.0. The van der Waals surface area contributed by atoms with E-state index in [9.17, 15) is 4.79 Å². The fraction of sp³-hybridized carbons (Fsp3) is 0.923. The standard InChI is InChI=1S/C13H26N2O3/c1-11-10-15(12(17)18-13(2,3)4)8-7-14(11)6-5-9-16/h11,16H,5-10H2,1-4H3. The monoisotopic (exact) mass is 258 g/mol. The molecular weight excluding hydrogens is 232 g/mol. The van der Waals surface area contributed by atoms with Crippen molar-refractivity contribution in [2.75, 3.05) is 32.8 Å². The van der Waals surface area contributed by atoms with Gasteiger partial charge in [-0.1, -0.05) is 0 Å². The van der Waals surface area contributed by atoms with Gasteiger partial charge in [0.05, 0.1) is 0 Å². The van der Waals surface area contributed by atoms with Gasteiger partial charge >= 0.3 is 6.09 Å². The first-order valence-corrected chi connectivity index (χ1v) is 6.66. The molecule has 0 aromatic heterocycles. The second kappa shape index (κ2) is 6.38. The van der Waals surface area contributed by atoms with Crippen LogP contribution < -0.4 is 0 Å². The van der Waals surface area contributed by atoms with Crippen LogP contribution in [0, 0.1) is 0 Å². The highest BCUT2D eigenvalue weighted by atomic mass is 16.6. The molecule has 1 fully saturated rings. The Bertz CT molecular complexity index is 276. The lowest BCUT2D eigenvalue weighted by atomic mass is 10.2. The Morgan fingerprint density at radius 2 is 2.06 bits per heavy atom. The normalized spacial score (nSPS) is 22.1. The van der Waals surface area contributed by atoms with Crippen LogP contribution in [-0.4, -0.2) is 65.4 Å². The van der Waals surface area contributed by atoms with Gasteiger partial charge in [-0.25, -0.2) is 4.79 Å². The highest BCUT2D eigenvalue weighted by Crippen LogP contribution is 2.14. The van der Waals surface area contributed by atoms with Gasteiger partial charge < -0.3 is 14.7 Å². The summed E-state index contributed by atoms with van der Waals surface area (Å²) < 4.78 is 5.37. The van der Waals surface area contributed by atoms with Gasteiger partial charge in [0.25, 0.3) is 0 Å². The van der Waals surface area contributed by atoms with E-state index in [1.54, 1.807) is 4.90 Å². The molecule has 106 valence electrons. The number of piperazine rings is 1. The second-order valence-electron chi connectivity index (χ2n) is 5.89. The van der Waals surface area contributed by atoms with Crippen molar-refractivity contribution in [1.82, 2.24) is 9.80 Å². The first-order valence-electron chi connectivity index (χ1n) is 6.66. The lowest BCUT2D eigenvalue weighted by molar-refractivity contribution is 0.00510. The average molecular weight is 258 g/mol. The zero-order chi connectivity index (χ0) is 13.8. The Labute approximate surface area is 110 Å². The van der Waals surface area contributed by atoms with Crippen molar-refractivity contribution in [1.29, 1.82) is 0 Å². The number of hydrogen-bond donors (Lipinski definition) is 1. The predicted molar refractivity (Wildman–Crippen MR) is 70.5 cm³/mol. The molecule has 1 unspecified atom stereocenters. The van der Waals surface area contributed by atoms with E-state index in [4.69, 9.17) is 9.84 Å². The molecule has 1 atom stereocenters. The topological polar surface area (TPSA) is 53.0 Å². The van der Waals surface area contributed by atoms with Gasteiger partial charge in [0.1, 0.15) is 5.60 Å². The molecule has 5 nitrogen and oxygen atoms in total. The molecule has 0 aromatic carbocycles. The summed E-state index contributed by atoms with van der Waals surface area (Å²) in [6.07, 6.45) is 0.563. The van der Waals surface area contributed by atoms with Crippen LogP contribution in [0.4, 0.5) is 4.79 Å². The maximum absolute atomic E-state index is 11.9. The van der Waals surface area contributed by atoms with E-state index >= 15 is 0 Å².